The highest BCUT2D eigenvalue weighted by molar-refractivity contribution is 5.89. The zero-order valence-electron chi connectivity index (χ0n) is 12.8. The monoisotopic (exact) mass is 283 g/mol. The molecular formula is C18H21NO2. The smallest absolute Gasteiger partial charge is 0.338 e. The lowest BCUT2D eigenvalue weighted by atomic mass is 10.0. The summed E-state index contributed by atoms with van der Waals surface area (Å²) in [6.07, 6.45) is 0. The van der Waals surface area contributed by atoms with Crippen molar-refractivity contribution in [2.75, 3.05) is 11.9 Å². The second-order valence-electron chi connectivity index (χ2n) is 5.02. The minimum absolute atomic E-state index is 0.279. The second-order valence-corrected chi connectivity index (χ2v) is 5.02. The highest BCUT2D eigenvalue weighted by Gasteiger charge is 2.06. The largest absolute Gasteiger partial charge is 0.462 e. The van der Waals surface area contributed by atoms with Gasteiger partial charge in [0.05, 0.1) is 12.2 Å². The van der Waals surface area contributed by atoms with Crippen LogP contribution in [0.15, 0.2) is 42.5 Å². The molecule has 1 N–H and O–H groups in total. The molecule has 0 aliphatic heterocycles. The van der Waals surface area contributed by atoms with Crippen LogP contribution in [0.4, 0.5) is 5.69 Å². The fourth-order valence-corrected chi connectivity index (χ4v) is 2.26. The molecule has 110 valence electrons. The van der Waals surface area contributed by atoms with Crippen molar-refractivity contribution >= 4 is 11.7 Å². The van der Waals surface area contributed by atoms with Crippen molar-refractivity contribution in [1.82, 2.24) is 0 Å². The Balaban J connectivity index is 2.03. The number of rotatable bonds is 5. The molecule has 3 heteroatoms. The predicted molar refractivity (Wildman–Crippen MR) is 85.6 cm³/mol. The Morgan fingerprint density at radius 3 is 2.24 bits per heavy atom. The first-order valence-corrected chi connectivity index (χ1v) is 7.18. The van der Waals surface area contributed by atoms with E-state index < -0.39 is 0 Å². The first-order valence-electron chi connectivity index (χ1n) is 7.18. The lowest BCUT2D eigenvalue weighted by Gasteiger charge is -2.12. The molecule has 0 saturated heterocycles. The van der Waals surface area contributed by atoms with Crippen LogP contribution in [0.5, 0.6) is 0 Å². The van der Waals surface area contributed by atoms with Crippen LogP contribution in [0.2, 0.25) is 0 Å². The van der Waals surface area contributed by atoms with Crippen molar-refractivity contribution in [2.45, 2.75) is 27.3 Å². The predicted octanol–water partition coefficient (Wildman–Crippen LogP) is 4.09. The fraction of sp³-hybridized carbons (Fsp3) is 0.278. The quantitative estimate of drug-likeness (QED) is 0.840. The first kappa shape index (κ1) is 15.1. The summed E-state index contributed by atoms with van der Waals surface area (Å²) in [5.74, 6) is -0.279. The fourth-order valence-electron chi connectivity index (χ4n) is 2.26. The third kappa shape index (κ3) is 3.85. The molecule has 0 bridgehead atoms. The maximum absolute atomic E-state index is 11.6. The minimum atomic E-state index is -0.279. The van der Waals surface area contributed by atoms with Crippen molar-refractivity contribution < 1.29 is 9.53 Å². The topological polar surface area (TPSA) is 38.3 Å². The van der Waals surface area contributed by atoms with Crippen LogP contribution in [0.25, 0.3) is 0 Å². The standard InChI is InChI=1S/C18H21NO2/c1-4-21-18(20)15-8-10-16(11-9-15)19-12-17-13(2)6-5-7-14(17)3/h5-11,19H,4,12H2,1-3H3. The molecule has 3 nitrogen and oxygen atoms in total. The average molecular weight is 283 g/mol. The number of hydrogen-bond donors (Lipinski definition) is 1. The third-order valence-corrected chi connectivity index (χ3v) is 3.51. The molecule has 2 rings (SSSR count). The summed E-state index contributed by atoms with van der Waals surface area (Å²) in [4.78, 5) is 11.6. The molecule has 0 saturated carbocycles. The van der Waals surface area contributed by atoms with E-state index in [0.29, 0.717) is 12.2 Å². The molecule has 0 atom stereocenters. The summed E-state index contributed by atoms with van der Waals surface area (Å²) in [6.45, 7) is 7.21. The Morgan fingerprint density at radius 2 is 1.67 bits per heavy atom. The molecule has 0 aromatic heterocycles. The van der Waals surface area contributed by atoms with E-state index in [4.69, 9.17) is 4.74 Å². The number of benzene rings is 2. The summed E-state index contributed by atoms with van der Waals surface area (Å²) >= 11 is 0. The van der Waals surface area contributed by atoms with Gasteiger partial charge in [-0.05, 0) is 61.7 Å². The van der Waals surface area contributed by atoms with Crippen LogP contribution >= 0.6 is 0 Å². The van der Waals surface area contributed by atoms with Crippen LogP contribution in [0.1, 0.15) is 34.0 Å². The number of ether oxygens (including phenoxy) is 1. The van der Waals surface area contributed by atoms with E-state index in [9.17, 15) is 4.79 Å². The Morgan fingerprint density at radius 1 is 1.05 bits per heavy atom. The van der Waals surface area contributed by atoms with Crippen LogP contribution in [-0.2, 0) is 11.3 Å². The van der Waals surface area contributed by atoms with E-state index in [1.807, 2.05) is 12.1 Å². The summed E-state index contributed by atoms with van der Waals surface area (Å²) in [5, 5.41) is 3.39. The minimum Gasteiger partial charge on any atom is -0.462 e. The Hall–Kier alpha value is -2.29. The van der Waals surface area contributed by atoms with Crippen LogP contribution < -0.4 is 5.32 Å². The first-order chi connectivity index (χ1) is 10.1. The molecule has 0 fully saturated rings. The summed E-state index contributed by atoms with van der Waals surface area (Å²) in [5.41, 5.74) is 5.45. The van der Waals surface area contributed by atoms with E-state index in [1.165, 1.54) is 16.7 Å². The molecule has 0 aliphatic carbocycles. The second kappa shape index (κ2) is 6.93. The average Bonchev–Trinajstić information content (AvgIpc) is 2.47. The maximum Gasteiger partial charge on any atom is 0.338 e. The molecule has 0 aliphatic rings. The van der Waals surface area contributed by atoms with Crippen molar-refractivity contribution in [3.8, 4) is 0 Å². The lowest BCUT2D eigenvalue weighted by Crippen LogP contribution is -2.06. The normalized spacial score (nSPS) is 10.2. The van der Waals surface area contributed by atoms with Gasteiger partial charge in [0.2, 0.25) is 0 Å². The van der Waals surface area contributed by atoms with Gasteiger partial charge in [0.15, 0.2) is 0 Å². The highest BCUT2D eigenvalue weighted by Crippen LogP contribution is 2.16. The van der Waals surface area contributed by atoms with Crippen LogP contribution in [0.3, 0.4) is 0 Å². The van der Waals surface area contributed by atoms with Gasteiger partial charge in [0.25, 0.3) is 0 Å². The number of hydrogen-bond acceptors (Lipinski definition) is 3. The zero-order valence-corrected chi connectivity index (χ0v) is 12.8. The van der Waals surface area contributed by atoms with E-state index in [2.05, 4.69) is 37.4 Å². The number of carbonyl (C=O) groups is 1. The molecule has 21 heavy (non-hydrogen) atoms. The molecule has 0 spiro atoms. The van der Waals surface area contributed by atoms with E-state index in [1.54, 1.807) is 19.1 Å². The van der Waals surface area contributed by atoms with E-state index >= 15 is 0 Å². The van der Waals surface area contributed by atoms with Gasteiger partial charge in [-0.3, -0.25) is 0 Å². The van der Waals surface area contributed by atoms with Crippen molar-refractivity contribution in [2.24, 2.45) is 0 Å². The van der Waals surface area contributed by atoms with Gasteiger partial charge in [-0.2, -0.15) is 0 Å². The van der Waals surface area contributed by atoms with E-state index in [0.717, 1.165) is 12.2 Å². The van der Waals surface area contributed by atoms with Gasteiger partial charge in [-0.15, -0.1) is 0 Å². The highest BCUT2D eigenvalue weighted by atomic mass is 16.5. The zero-order chi connectivity index (χ0) is 15.2. The SMILES string of the molecule is CCOC(=O)c1ccc(NCc2c(C)cccc2C)cc1. The molecule has 0 radical (unpaired) electrons. The molecule has 2 aromatic carbocycles. The number of esters is 1. The molecule has 0 heterocycles. The van der Waals surface area contributed by atoms with Gasteiger partial charge in [-0.1, -0.05) is 18.2 Å². The van der Waals surface area contributed by atoms with Crippen molar-refractivity contribution in [3.05, 3.63) is 64.7 Å². The van der Waals surface area contributed by atoms with Gasteiger partial charge < -0.3 is 10.1 Å². The maximum atomic E-state index is 11.6. The van der Waals surface area contributed by atoms with Crippen molar-refractivity contribution in [1.29, 1.82) is 0 Å². The lowest BCUT2D eigenvalue weighted by molar-refractivity contribution is 0.0526. The van der Waals surface area contributed by atoms with Crippen LogP contribution in [0, 0.1) is 13.8 Å². The Bertz CT molecular complexity index is 597. The van der Waals surface area contributed by atoms with Gasteiger partial charge >= 0.3 is 5.97 Å². The molecule has 0 amide bonds. The summed E-state index contributed by atoms with van der Waals surface area (Å²) in [6, 6.07) is 13.7. The molecule has 2 aromatic rings. The van der Waals surface area contributed by atoms with Gasteiger partial charge in [0, 0.05) is 12.2 Å². The number of aryl methyl sites for hydroxylation is 2. The Kier molecular flexibility index (Phi) is 4.99. The molecular weight excluding hydrogens is 262 g/mol. The molecule has 0 unspecified atom stereocenters. The van der Waals surface area contributed by atoms with Gasteiger partial charge in [-0.25, -0.2) is 4.79 Å². The Labute approximate surface area is 126 Å². The number of carbonyl (C=O) groups excluding carboxylic acids is 1. The summed E-state index contributed by atoms with van der Waals surface area (Å²) in [7, 11) is 0. The van der Waals surface area contributed by atoms with Gasteiger partial charge in [0.1, 0.15) is 0 Å². The van der Waals surface area contributed by atoms with E-state index in [-0.39, 0.29) is 5.97 Å². The number of nitrogens with one attached hydrogen (secondary N) is 1. The number of anilines is 1. The van der Waals surface area contributed by atoms with Crippen LogP contribution in [-0.4, -0.2) is 12.6 Å². The van der Waals surface area contributed by atoms with Crippen molar-refractivity contribution in [3.63, 3.8) is 0 Å². The summed E-state index contributed by atoms with van der Waals surface area (Å²) < 4.78 is 4.97. The third-order valence-electron chi connectivity index (χ3n) is 3.51.